The van der Waals surface area contributed by atoms with Gasteiger partial charge in [-0.05, 0) is 50.6 Å². The van der Waals surface area contributed by atoms with Crippen molar-refractivity contribution < 1.29 is 27.9 Å². The molecule has 0 radical (unpaired) electrons. The fraction of sp³-hybridized carbons (Fsp3) is 0.529. The Kier molecular flexibility index (Phi) is 6.74. The van der Waals surface area contributed by atoms with Gasteiger partial charge in [-0.15, -0.1) is 0 Å². The summed E-state index contributed by atoms with van der Waals surface area (Å²) in [7, 11) is -0.650. The summed E-state index contributed by atoms with van der Waals surface area (Å²) in [4.78, 5) is 24.2. The molecule has 1 aliphatic rings. The lowest BCUT2D eigenvalue weighted by Gasteiger charge is -2.25. The van der Waals surface area contributed by atoms with Gasteiger partial charge in [0.2, 0.25) is 10.0 Å². The van der Waals surface area contributed by atoms with Crippen molar-refractivity contribution in [1.29, 1.82) is 0 Å². The molecule has 1 saturated heterocycles. The van der Waals surface area contributed by atoms with Crippen molar-refractivity contribution in [2.75, 3.05) is 33.8 Å². The second kappa shape index (κ2) is 8.61. The molecule has 8 nitrogen and oxygen atoms in total. The highest BCUT2D eigenvalue weighted by Gasteiger charge is 2.29. The average Bonchev–Trinajstić information content (AvgIpc) is 2.87. The minimum Gasteiger partial charge on any atom is -0.480 e. The van der Waals surface area contributed by atoms with Crippen LogP contribution >= 0.6 is 0 Å². The number of hydrogen-bond donors (Lipinski definition) is 1. The zero-order valence-corrected chi connectivity index (χ0v) is 15.7. The summed E-state index contributed by atoms with van der Waals surface area (Å²) in [6.07, 6.45) is 1.98. The number of carboxylic acids is 1. The third-order valence-electron chi connectivity index (χ3n) is 4.58. The van der Waals surface area contributed by atoms with E-state index in [4.69, 9.17) is 5.11 Å². The summed E-state index contributed by atoms with van der Waals surface area (Å²) in [6.45, 7) is 0.653. The lowest BCUT2D eigenvalue weighted by atomic mass is 10.1. The molecule has 0 aliphatic carbocycles. The van der Waals surface area contributed by atoms with E-state index < -0.39 is 22.0 Å². The van der Waals surface area contributed by atoms with Crippen LogP contribution < -0.4 is 0 Å². The van der Waals surface area contributed by atoms with Crippen molar-refractivity contribution in [2.24, 2.45) is 0 Å². The van der Waals surface area contributed by atoms with Gasteiger partial charge in [0.05, 0.1) is 24.1 Å². The first-order chi connectivity index (χ1) is 12.3. The molecule has 1 unspecified atom stereocenters. The Balaban J connectivity index is 2.09. The predicted molar refractivity (Wildman–Crippen MR) is 94.4 cm³/mol. The van der Waals surface area contributed by atoms with Crippen LogP contribution in [0, 0.1) is 0 Å². The number of ether oxygens (including phenoxy) is 1. The van der Waals surface area contributed by atoms with Crippen LogP contribution in [0.25, 0.3) is 0 Å². The molecule has 1 aromatic carbocycles. The third-order valence-corrected chi connectivity index (χ3v) is 6.49. The van der Waals surface area contributed by atoms with E-state index in [-0.39, 0.29) is 23.0 Å². The van der Waals surface area contributed by atoms with Gasteiger partial charge in [0, 0.05) is 19.1 Å². The van der Waals surface area contributed by atoms with Gasteiger partial charge in [-0.25, -0.2) is 13.2 Å². The Morgan fingerprint density at radius 3 is 2.46 bits per heavy atom. The van der Waals surface area contributed by atoms with Crippen LogP contribution in [-0.4, -0.2) is 74.5 Å². The second-order valence-corrected chi connectivity index (χ2v) is 8.25. The van der Waals surface area contributed by atoms with Crippen LogP contribution in [0.4, 0.5) is 0 Å². The first-order valence-electron chi connectivity index (χ1n) is 8.36. The lowest BCUT2D eigenvalue weighted by Crippen LogP contribution is -2.37. The molecule has 0 aromatic heterocycles. The number of methoxy groups -OCH3 is 1. The molecule has 2 rings (SSSR count). The molecule has 1 atom stereocenters. The first kappa shape index (κ1) is 20.3. The number of hydrogen-bond acceptors (Lipinski definition) is 6. The summed E-state index contributed by atoms with van der Waals surface area (Å²) < 4.78 is 31.7. The molecule has 0 spiro atoms. The number of rotatable bonds is 6. The van der Waals surface area contributed by atoms with E-state index in [2.05, 4.69) is 4.74 Å². The number of benzene rings is 1. The van der Waals surface area contributed by atoms with E-state index in [1.54, 1.807) is 11.9 Å². The maximum Gasteiger partial charge on any atom is 0.337 e. The topological polar surface area (TPSA) is 104 Å². The highest BCUT2D eigenvalue weighted by molar-refractivity contribution is 7.89. The van der Waals surface area contributed by atoms with Crippen molar-refractivity contribution in [1.82, 2.24) is 9.21 Å². The second-order valence-electron chi connectivity index (χ2n) is 6.31. The molecule has 1 aromatic rings. The Morgan fingerprint density at radius 1 is 1.23 bits per heavy atom. The summed E-state index contributed by atoms with van der Waals surface area (Å²) in [5.41, 5.74) is 0.290. The summed E-state index contributed by atoms with van der Waals surface area (Å²) in [5.74, 6) is -1.42. The van der Waals surface area contributed by atoms with Gasteiger partial charge in [0.15, 0.2) is 0 Å². The third kappa shape index (κ3) is 4.80. The van der Waals surface area contributed by atoms with E-state index in [1.165, 1.54) is 35.7 Å². The highest BCUT2D eigenvalue weighted by Crippen LogP contribution is 2.22. The Hall–Kier alpha value is -1.97. The Morgan fingerprint density at radius 2 is 1.88 bits per heavy atom. The fourth-order valence-corrected chi connectivity index (χ4v) is 4.60. The molecule has 1 heterocycles. The van der Waals surface area contributed by atoms with Gasteiger partial charge in [0.25, 0.3) is 0 Å². The van der Waals surface area contributed by atoms with E-state index in [9.17, 15) is 18.0 Å². The maximum atomic E-state index is 12.8. The minimum atomic E-state index is -3.66. The molecule has 0 saturated carbocycles. The number of carboxylic acid groups (broad SMARTS) is 1. The van der Waals surface area contributed by atoms with Gasteiger partial charge in [-0.3, -0.25) is 9.69 Å². The van der Waals surface area contributed by atoms with E-state index in [0.29, 0.717) is 25.9 Å². The molecule has 9 heteroatoms. The maximum absolute atomic E-state index is 12.8. The minimum absolute atomic E-state index is 0.0352. The Bertz CT molecular complexity index is 747. The molecule has 1 fully saturated rings. The van der Waals surface area contributed by atoms with E-state index in [0.717, 1.165) is 6.42 Å². The number of sulfonamides is 1. The number of nitrogens with zero attached hydrogens (tertiary/aromatic N) is 2. The molecule has 1 N–H and O–H groups in total. The average molecular weight is 384 g/mol. The van der Waals surface area contributed by atoms with Crippen molar-refractivity contribution >= 4 is 22.0 Å². The van der Waals surface area contributed by atoms with E-state index in [1.807, 2.05) is 0 Å². The van der Waals surface area contributed by atoms with Crippen molar-refractivity contribution in [3.05, 3.63) is 29.8 Å². The normalized spacial score (nSPS) is 19.1. The summed E-state index contributed by atoms with van der Waals surface area (Å²) in [5, 5.41) is 8.91. The summed E-state index contributed by atoms with van der Waals surface area (Å²) in [6, 6.07) is 5.70. The van der Waals surface area contributed by atoms with Crippen LogP contribution in [0.2, 0.25) is 0 Å². The molecule has 0 amide bonds. The monoisotopic (exact) mass is 384 g/mol. The van der Waals surface area contributed by atoms with Crippen molar-refractivity contribution in [3.8, 4) is 0 Å². The quantitative estimate of drug-likeness (QED) is 0.731. The lowest BCUT2D eigenvalue weighted by molar-refractivity contribution is -0.138. The van der Waals surface area contributed by atoms with Crippen LogP contribution in [0.5, 0.6) is 0 Å². The van der Waals surface area contributed by atoms with Gasteiger partial charge >= 0.3 is 11.9 Å². The molecule has 144 valence electrons. The number of carbonyl (C=O) groups excluding carboxylic acids is 1. The molecule has 26 heavy (non-hydrogen) atoms. The standard InChI is InChI=1S/C17H24N2O6S/c1-18(12-16(20)21)14-4-3-10-19(11-9-14)26(23,24)15-7-5-13(6-8-15)17(22)25-2/h5-8,14H,3-4,9-12H2,1-2H3,(H,20,21). The summed E-state index contributed by atoms with van der Waals surface area (Å²) >= 11 is 0. The van der Waals surface area contributed by atoms with Crippen LogP contribution in [-0.2, 0) is 19.6 Å². The van der Waals surface area contributed by atoms with Crippen molar-refractivity contribution in [2.45, 2.75) is 30.2 Å². The smallest absolute Gasteiger partial charge is 0.337 e. The molecular weight excluding hydrogens is 360 g/mol. The number of aliphatic carboxylic acids is 1. The zero-order chi connectivity index (χ0) is 19.3. The number of carbonyl (C=O) groups is 2. The number of likely N-dealkylation sites (N-methyl/N-ethyl adjacent to an activating group) is 1. The van der Waals surface area contributed by atoms with E-state index >= 15 is 0 Å². The van der Waals surface area contributed by atoms with Gasteiger partial charge in [0.1, 0.15) is 0 Å². The van der Waals surface area contributed by atoms with Gasteiger partial charge < -0.3 is 9.84 Å². The van der Waals surface area contributed by atoms with Gasteiger partial charge in [-0.2, -0.15) is 4.31 Å². The molecule has 1 aliphatic heterocycles. The Labute approximate surface area is 153 Å². The SMILES string of the molecule is COC(=O)c1ccc(S(=O)(=O)N2CCCC(N(C)CC(=O)O)CC2)cc1. The first-order valence-corrected chi connectivity index (χ1v) is 9.80. The largest absolute Gasteiger partial charge is 0.480 e. The zero-order valence-electron chi connectivity index (χ0n) is 14.9. The fourth-order valence-electron chi connectivity index (χ4n) is 3.11. The molecular formula is C17H24N2O6S. The highest BCUT2D eigenvalue weighted by atomic mass is 32.2. The van der Waals surface area contributed by atoms with Gasteiger partial charge in [-0.1, -0.05) is 0 Å². The number of esters is 1. The van der Waals surface area contributed by atoms with Crippen LogP contribution in [0.3, 0.4) is 0 Å². The van der Waals surface area contributed by atoms with Crippen molar-refractivity contribution in [3.63, 3.8) is 0 Å². The molecule has 0 bridgehead atoms. The van der Waals surface area contributed by atoms with Crippen LogP contribution in [0.15, 0.2) is 29.2 Å². The predicted octanol–water partition coefficient (Wildman–Crippen LogP) is 1.03. The van der Waals surface area contributed by atoms with Crippen LogP contribution in [0.1, 0.15) is 29.6 Å².